The lowest BCUT2D eigenvalue weighted by Gasteiger charge is -2.08. The van der Waals surface area contributed by atoms with E-state index in [2.05, 4.69) is 30.7 Å². The molecular weight excluding hydrogens is 376 g/mol. The first-order valence-corrected chi connectivity index (χ1v) is 9.63. The predicted octanol–water partition coefficient (Wildman–Crippen LogP) is 3.40. The lowest BCUT2D eigenvalue weighted by molar-refractivity contribution is 0.482. The minimum atomic E-state index is 0.278. The predicted molar refractivity (Wildman–Crippen MR) is 111 cm³/mol. The van der Waals surface area contributed by atoms with Crippen LogP contribution in [0.25, 0.3) is 5.65 Å². The summed E-state index contributed by atoms with van der Waals surface area (Å²) < 4.78 is 7.29. The van der Waals surface area contributed by atoms with Crippen molar-refractivity contribution in [2.45, 2.75) is 5.16 Å². The van der Waals surface area contributed by atoms with Crippen molar-refractivity contribution in [3.8, 4) is 11.5 Å². The molecule has 0 fully saturated rings. The molecule has 3 aromatic heterocycles. The van der Waals surface area contributed by atoms with Crippen LogP contribution in [0.2, 0.25) is 0 Å². The van der Waals surface area contributed by atoms with Crippen molar-refractivity contribution in [2.75, 3.05) is 29.7 Å². The SMILES string of the molecule is CNc1c(Nc2ccc(Oc3ccncc3)cc2)nn2c(N)nc(SC)nc12. The molecule has 0 aliphatic heterocycles. The summed E-state index contributed by atoms with van der Waals surface area (Å²) in [6.07, 6.45) is 5.27. The first kappa shape index (κ1) is 17.9. The van der Waals surface area contributed by atoms with Gasteiger partial charge in [0, 0.05) is 25.1 Å². The van der Waals surface area contributed by atoms with Crippen molar-refractivity contribution >= 4 is 40.6 Å². The van der Waals surface area contributed by atoms with Gasteiger partial charge in [-0.15, -0.1) is 5.10 Å². The summed E-state index contributed by atoms with van der Waals surface area (Å²) in [5.41, 5.74) is 8.21. The number of nitrogens with zero attached hydrogens (tertiary/aromatic N) is 5. The number of rotatable bonds is 6. The van der Waals surface area contributed by atoms with Crippen LogP contribution in [0.15, 0.2) is 53.9 Å². The molecule has 4 rings (SSSR count). The second kappa shape index (κ2) is 7.61. The van der Waals surface area contributed by atoms with Crippen LogP contribution in [-0.2, 0) is 0 Å². The van der Waals surface area contributed by atoms with Crippen LogP contribution in [0.5, 0.6) is 11.5 Å². The van der Waals surface area contributed by atoms with Gasteiger partial charge in [-0.2, -0.15) is 9.50 Å². The number of hydrogen-bond acceptors (Lipinski definition) is 9. The fraction of sp³-hybridized carbons (Fsp3) is 0.111. The molecule has 142 valence electrons. The molecule has 0 unspecified atom stereocenters. The van der Waals surface area contributed by atoms with Crippen molar-refractivity contribution in [1.82, 2.24) is 24.6 Å². The smallest absolute Gasteiger partial charge is 0.225 e. The van der Waals surface area contributed by atoms with Gasteiger partial charge in [-0.05, 0) is 42.7 Å². The zero-order valence-electron chi connectivity index (χ0n) is 15.2. The number of fused-ring (bicyclic) bond motifs is 1. The van der Waals surface area contributed by atoms with E-state index in [1.807, 2.05) is 37.6 Å². The van der Waals surface area contributed by atoms with Crippen molar-refractivity contribution in [3.63, 3.8) is 0 Å². The fourth-order valence-electron chi connectivity index (χ4n) is 2.63. The van der Waals surface area contributed by atoms with Gasteiger partial charge in [0.2, 0.25) is 5.95 Å². The molecule has 4 aromatic rings. The second-order valence-electron chi connectivity index (χ2n) is 5.71. The van der Waals surface area contributed by atoms with Crippen LogP contribution >= 0.6 is 11.8 Å². The summed E-state index contributed by atoms with van der Waals surface area (Å²) in [6, 6.07) is 11.2. The van der Waals surface area contributed by atoms with Gasteiger partial charge in [-0.3, -0.25) is 4.98 Å². The number of aromatic nitrogens is 5. The normalized spacial score (nSPS) is 10.8. The van der Waals surface area contributed by atoms with E-state index in [9.17, 15) is 0 Å². The van der Waals surface area contributed by atoms with E-state index in [-0.39, 0.29) is 5.95 Å². The molecule has 0 radical (unpaired) electrons. The lowest BCUT2D eigenvalue weighted by atomic mass is 10.3. The Labute approximate surface area is 165 Å². The van der Waals surface area contributed by atoms with Crippen molar-refractivity contribution in [3.05, 3.63) is 48.8 Å². The third kappa shape index (κ3) is 3.49. The van der Waals surface area contributed by atoms with Gasteiger partial charge in [0.15, 0.2) is 16.6 Å². The molecule has 4 N–H and O–H groups in total. The maximum Gasteiger partial charge on any atom is 0.225 e. The van der Waals surface area contributed by atoms with Crippen LogP contribution in [0.4, 0.5) is 23.1 Å². The second-order valence-corrected chi connectivity index (χ2v) is 6.49. The molecular formula is C18H18N8OS. The number of nitrogens with one attached hydrogen (secondary N) is 2. The average Bonchev–Trinajstić information content (AvgIpc) is 3.07. The van der Waals surface area contributed by atoms with Gasteiger partial charge in [0.05, 0.1) is 0 Å². The zero-order valence-corrected chi connectivity index (χ0v) is 16.1. The van der Waals surface area contributed by atoms with E-state index in [1.165, 1.54) is 16.3 Å². The topological polar surface area (TPSA) is 115 Å². The molecule has 0 saturated heterocycles. The van der Waals surface area contributed by atoms with Crippen molar-refractivity contribution < 1.29 is 4.74 Å². The molecule has 1 aromatic carbocycles. The Morgan fingerprint density at radius 1 is 1.04 bits per heavy atom. The van der Waals surface area contributed by atoms with Crippen LogP contribution in [-0.4, -0.2) is 37.9 Å². The Bertz CT molecular complexity index is 1100. The summed E-state index contributed by atoms with van der Waals surface area (Å²) >= 11 is 1.42. The van der Waals surface area contributed by atoms with E-state index < -0.39 is 0 Å². The van der Waals surface area contributed by atoms with Gasteiger partial charge >= 0.3 is 0 Å². The van der Waals surface area contributed by atoms with Gasteiger partial charge < -0.3 is 21.1 Å². The van der Waals surface area contributed by atoms with Gasteiger partial charge in [-0.25, -0.2) is 4.98 Å². The van der Waals surface area contributed by atoms with Crippen LogP contribution in [0, 0.1) is 0 Å². The molecule has 0 saturated carbocycles. The Hall–Kier alpha value is -3.53. The highest BCUT2D eigenvalue weighted by molar-refractivity contribution is 7.98. The monoisotopic (exact) mass is 394 g/mol. The molecule has 0 amide bonds. The third-order valence-electron chi connectivity index (χ3n) is 3.92. The molecule has 0 aliphatic rings. The molecule has 10 heteroatoms. The summed E-state index contributed by atoms with van der Waals surface area (Å²) in [5, 5.41) is 11.5. The van der Waals surface area contributed by atoms with E-state index in [1.54, 1.807) is 24.5 Å². The van der Waals surface area contributed by atoms with Gasteiger partial charge in [-0.1, -0.05) is 11.8 Å². The summed E-state index contributed by atoms with van der Waals surface area (Å²) in [6.45, 7) is 0. The first-order chi connectivity index (χ1) is 13.7. The van der Waals surface area contributed by atoms with Crippen LogP contribution < -0.4 is 21.1 Å². The number of pyridine rings is 1. The van der Waals surface area contributed by atoms with E-state index >= 15 is 0 Å². The number of ether oxygens (including phenoxy) is 1. The Morgan fingerprint density at radius 2 is 1.75 bits per heavy atom. The highest BCUT2D eigenvalue weighted by atomic mass is 32.2. The van der Waals surface area contributed by atoms with Crippen molar-refractivity contribution in [2.24, 2.45) is 0 Å². The van der Waals surface area contributed by atoms with Crippen LogP contribution in [0.1, 0.15) is 0 Å². The number of benzene rings is 1. The largest absolute Gasteiger partial charge is 0.457 e. The molecule has 28 heavy (non-hydrogen) atoms. The minimum absolute atomic E-state index is 0.278. The van der Waals surface area contributed by atoms with Gasteiger partial charge in [0.25, 0.3) is 0 Å². The van der Waals surface area contributed by atoms with E-state index in [0.717, 1.165) is 22.9 Å². The fourth-order valence-corrected chi connectivity index (χ4v) is 2.99. The number of nitrogen functional groups attached to an aromatic ring is 1. The first-order valence-electron chi connectivity index (χ1n) is 8.41. The Kier molecular flexibility index (Phi) is 4.85. The summed E-state index contributed by atoms with van der Waals surface area (Å²) in [7, 11) is 1.81. The van der Waals surface area contributed by atoms with E-state index in [0.29, 0.717) is 16.6 Å². The highest BCUT2D eigenvalue weighted by Gasteiger charge is 2.16. The summed E-state index contributed by atoms with van der Waals surface area (Å²) in [4.78, 5) is 12.7. The molecule has 3 heterocycles. The molecule has 0 atom stereocenters. The maximum absolute atomic E-state index is 6.02. The number of nitrogens with two attached hydrogens (primary N) is 1. The van der Waals surface area contributed by atoms with Gasteiger partial charge in [0.1, 0.15) is 17.2 Å². The third-order valence-corrected chi connectivity index (χ3v) is 4.47. The average molecular weight is 394 g/mol. The zero-order chi connectivity index (χ0) is 19.5. The molecule has 9 nitrogen and oxygen atoms in total. The standard InChI is InChI=1S/C18H18N8OS/c1-20-14-15(25-26-16(14)23-18(28-2)24-17(26)19)22-11-3-5-12(6-4-11)27-13-7-9-21-10-8-13/h3-10,20H,1-2H3,(H,22,25)(H2,19,23,24). The number of anilines is 4. The number of thioether (sulfide) groups is 1. The quantitative estimate of drug-likeness (QED) is 0.423. The maximum atomic E-state index is 6.02. The highest BCUT2D eigenvalue weighted by Crippen LogP contribution is 2.30. The summed E-state index contributed by atoms with van der Waals surface area (Å²) in [5.74, 6) is 2.33. The molecule has 0 aliphatic carbocycles. The van der Waals surface area contributed by atoms with Crippen LogP contribution in [0.3, 0.4) is 0 Å². The van der Waals surface area contributed by atoms with Crippen molar-refractivity contribution in [1.29, 1.82) is 0 Å². The molecule has 0 spiro atoms. The number of hydrogen-bond donors (Lipinski definition) is 3. The lowest BCUT2D eigenvalue weighted by Crippen LogP contribution is -2.05. The minimum Gasteiger partial charge on any atom is -0.457 e. The molecule has 0 bridgehead atoms. The Balaban J connectivity index is 1.60. The van der Waals surface area contributed by atoms with E-state index in [4.69, 9.17) is 10.5 Å². The Morgan fingerprint density at radius 3 is 2.43 bits per heavy atom.